The highest BCUT2D eigenvalue weighted by molar-refractivity contribution is 4.49. The normalized spacial score (nSPS) is 11.4. The van der Waals surface area contributed by atoms with Crippen LogP contribution in [0.3, 0.4) is 0 Å². The molecular formula is C7H16NO2-. The third-order valence-corrected chi connectivity index (χ3v) is 1.14. The predicted molar refractivity (Wildman–Crippen MR) is 41.2 cm³/mol. The van der Waals surface area contributed by atoms with E-state index >= 15 is 0 Å². The molecule has 0 aliphatic carbocycles. The van der Waals surface area contributed by atoms with Gasteiger partial charge in [0.15, 0.2) is 0 Å². The summed E-state index contributed by atoms with van der Waals surface area (Å²) in [5, 5.41) is 11.4. The zero-order valence-corrected chi connectivity index (χ0v) is 6.96. The van der Waals surface area contributed by atoms with Gasteiger partial charge in [0.2, 0.25) is 0 Å². The van der Waals surface area contributed by atoms with Crippen LogP contribution in [0.5, 0.6) is 0 Å². The van der Waals surface area contributed by atoms with Gasteiger partial charge in [0, 0.05) is 6.04 Å². The summed E-state index contributed by atoms with van der Waals surface area (Å²) in [4.78, 5) is 4.82. The fourth-order valence-corrected chi connectivity index (χ4v) is 0.448. The molecule has 3 heteroatoms. The van der Waals surface area contributed by atoms with Gasteiger partial charge < -0.3 is 10.0 Å². The van der Waals surface area contributed by atoms with Crippen LogP contribution in [-0.2, 0) is 4.84 Å². The van der Waals surface area contributed by atoms with Crippen molar-refractivity contribution in [3.63, 3.8) is 0 Å². The first-order valence-electron chi connectivity index (χ1n) is 3.77. The van der Waals surface area contributed by atoms with Crippen molar-refractivity contribution >= 4 is 0 Å². The Bertz CT molecular complexity index is 76.0. The number of nitrogens with zero attached hydrogens (tertiary/aromatic N) is 1. The minimum atomic E-state index is -0.0724. The van der Waals surface area contributed by atoms with Crippen LogP contribution in [-0.4, -0.2) is 17.9 Å². The van der Waals surface area contributed by atoms with E-state index in [0.717, 1.165) is 12.8 Å². The third kappa shape index (κ3) is 4.73. The van der Waals surface area contributed by atoms with Crippen LogP contribution >= 0.6 is 0 Å². The molecule has 0 radical (unpaired) electrons. The van der Waals surface area contributed by atoms with Gasteiger partial charge in [0.05, 0.1) is 6.61 Å². The first kappa shape index (κ1) is 9.88. The second-order valence-corrected chi connectivity index (χ2v) is 2.57. The summed E-state index contributed by atoms with van der Waals surface area (Å²) >= 11 is 0. The van der Waals surface area contributed by atoms with E-state index < -0.39 is 0 Å². The summed E-state index contributed by atoms with van der Waals surface area (Å²) in [6.45, 7) is 6.21. The van der Waals surface area contributed by atoms with E-state index in [1.165, 1.54) is 0 Å². The van der Waals surface area contributed by atoms with E-state index in [0.29, 0.717) is 11.8 Å². The molecule has 0 atom stereocenters. The molecule has 0 spiro atoms. The van der Waals surface area contributed by atoms with Crippen molar-refractivity contribution in [1.82, 2.24) is 5.23 Å². The maximum Gasteiger partial charge on any atom is 0.0673 e. The standard InChI is InChI=1S/C7H16NO2/c1-4-5-6-10-8(9)7(2)3/h7H,4-6H2,1-3H3/q-1. The maximum absolute atomic E-state index is 10.7. The van der Waals surface area contributed by atoms with E-state index in [-0.39, 0.29) is 6.04 Å². The molecule has 0 unspecified atom stereocenters. The smallest absolute Gasteiger partial charge is 0.0673 e. The van der Waals surface area contributed by atoms with Gasteiger partial charge in [-0.3, -0.25) is 5.23 Å². The largest absolute Gasteiger partial charge is 0.762 e. The van der Waals surface area contributed by atoms with Gasteiger partial charge >= 0.3 is 0 Å². The van der Waals surface area contributed by atoms with Gasteiger partial charge in [-0.2, -0.15) is 0 Å². The van der Waals surface area contributed by atoms with Gasteiger partial charge in [-0.1, -0.05) is 13.3 Å². The summed E-state index contributed by atoms with van der Waals surface area (Å²) in [6, 6.07) is -0.0724. The first-order valence-corrected chi connectivity index (χ1v) is 3.77. The van der Waals surface area contributed by atoms with Gasteiger partial charge in [-0.05, 0) is 20.3 Å². The van der Waals surface area contributed by atoms with E-state index in [1.807, 2.05) is 0 Å². The lowest BCUT2D eigenvalue weighted by Crippen LogP contribution is -2.25. The number of unbranched alkanes of at least 4 members (excludes halogenated alkanes) is 1. The van der Waals surface area contributed by atoms with Crippen LogP contribution < -0.4 is 0 Å². The average Bonchev–Trinajstić information content (AvgIpc) is 1.88. The van der Waals surface area contributed by atoms with Gasteiger partial charge in [0.25, 0.3) is 0 Å². The third-order valence-electron chi connectivity index (χ3n) is 1.14. The van der Waals surface area contributed by atoms with E-state index in [9.17, 15) is 5.21 Å². The van der Waals surface area contributed by atoms with E-state index in [4.69, 9.17) is 4.84 Å². The quantitative estimate of drug-likeness (QED) is 0.439. The summed E-state index contributed by atoms with van der Waals surface area (Å²) in [5.74, 6) is 0. The molecule has 0 saturated heterocycles. The van der Waals surface area contributed by atoms with E-state index in [2.05, 4.69) is 6.92 Å². The Morgan fingerprint density at radius 1 is 1.50 bits per heavy atom. The molecule has 0 saturated carbocycles. The number of hydrogen-bond acceptors (Lipinski definition) is 3. The molecule has 0 heterocycles. The lowest BCUT2D eigenvalue weighted by molar-refractivity contribution is -0.141. The topological polar surface area (TPSA) is 35.5 Å². The fourth-order valence-electron chi connectivity index (χ4n) is 0.448. The molecule has 0 fully saturated rings. The number of hydroxylamine groups is 2. The second-order valence-electron chi connectivity index (χ2n) is 2.57. The van der Waals surface area contributed by atoms with Crippen molar-refractivity contribution in [2.24, 2.45) is 0 Å². The van der Waals surface area contributed by atoms with Crippen molar-refractivity contribution in [2.75, 3.05) is 6.61 Å². The van der Waals surface area contributed by atoms with Crippen LogP contribution in [0.15, 0.2) is 0 Å². The Kier molecular flexibility index (Phi) is 5.58. The molecule has 0 aliphatic heterocycles. The highest BCUT2D eigenvalue weighted by Crippen LogP contribution is 1.97. The SMILES string of the molecule is CCCCON([O-])C(C)C. The van der Waals surface area contributed by atoms with Gasteiger partial charge in [-0.15, -0.1) is 0 Å². The minimum Gasteiger partial charge on any atom is -0.762 e. The lowest BCUT2D eigenvalue weighted by Gasteiger charge is -2.30. The molecule has 0 N–H and O–H groups in total. The second kappa shape index (κ2) is 5.65. The highest BCUT2D eigenvalue weighted by Gasteiger charge is 1.95. The van der Waals surface area contributed by atoms with Crippen LogP contribution in [0.2, 0.25) is 0 Å². The molecular weight excluding hydrogens is 130 g/mol. The molecule has 3 nitrogen and oxygen atoms in total. The zero-order chi connectivity index (χ0) is 7.98. The molecule has 0 bridgehead atoms. The van der Waals surface area contributed by atoms with Gasteiger partial charge in [0.1, 0.15) is 0 Å². The van der Waals surface area contributed by atoms with E-state index in [1.54, 1.807) is 13.8 Å². The Balaban J connectivity index is 3.13. The predicted octanol–water partition coefficient (Wildman–Crippen LogP) is 1.93. The van der Waals surface area contributed by atoms with Crippen molar-refractivity contribution in [3.8, 4) is 0 Å². The molecule has 0 aliphatic rings. The molecule has 10 heavy (non-hydrogen) atoms. The molecule has 0 aromatic carbocycles. The molecule has 0 amide bonds. The summed E-state index contributed by atoms with van der Waals surface area (Å²) in [7, 11) is 0. The zero-order valence-electron chi connectivity index (χ0n) is 6.96. The average molecular weight is 146 g/mol. The lowest BCUT2D eigenvalue weighted by atomic mass is 10.4. The Labute approximate surface area is 62.5 Å². The van der Waals surface area contributed by atoms with Crippen molar-refractivity contribution in [1.29, 1.82) is 0 Å². The molecule has 62 valence electrons. The van der Waals surface area contributed by atoms with Crippen LogP contribution in [0.4, 0.5) is 0 Å². The van der Waals surface area contributed by atoms with Gasteiger partial charge in [-0.25, -0.2) is 0 Å². The van der Waals surface area contributed by atoms with Crippen molar-refractivity contribution < 1.29 is 4.84 Å². The summed E-state index contributed by atoms with van der Waals surface area (Å²) < 4.78 is 0. The minimum absolute atomic E-state index is 0.0724. The number of rotatable bonds is 5. The fraction of sp³-hybridized carbons (Fsp3) is 1.00. The highest BCUT2D eigenvalue weighted by atomic mass is 16.9. The first-order chi connectivity index (χ1) is 4.68. The number of hydrogen-bond donors (Lipinski definition) is 0. The van der Waals surface area contributed by atoms with Crippen LogP contribution in [0.25, 0.3) is 0 Å². The Hall–Kier alpha value is -0.120. The Morgan fingerprint density at radius 2 is 2.10 bits per heavy atom. The summed E-state index contributed by atoms with van der Waals surface area (Å²) in [6.07, 6.45) is 2.01. The molecule has 0 rings (SSSR count). The molecule has 0 aromatic rings. The van der Waals surface area contributed by atoms with Crippen LogP contribution in [0, 0.1) is 5.21 Å². The van der Waals surface area contributed by atoms with Crippen LogP contribution in [0.1, 0.15) is 33.6 Å². The summed E-state index contributed by atoms with van der Waals surface area (Å²) in [5.41, 5.74) is 0. The van der Waals surface area contributed by atoms with Crippen molar-refractivity contribution in [3.05, 3.63) is 5.21 Å². The maximum atomic E-state index is 10.7. The molecule has 0 aromatic heterocycles. The monoisotopic (exact) mass is 146 g/mol. The van der Waals surface area contributed by atoms with Crippen molar-refractivity contribution in [2.45, 2.75) is 39.7 Å². The Morgan fingerprint density at radius 3 is 2.50 bits per heavy atom.